The van der Waals surface area contributed by atoms with Crippen LogP contribution in [-0.2, 0) is 6.18 Å². The lowest BCUT2D eigenvalue weighted by atomic mass is 10.3. The van der Waals surface area contributed by atoms with Gasteiger partial charge in [-0.15, -0.1) is 0 Å². The van der Waals surface area contributed by atoms with E-state index < -0.39 is 30.5 Å². The molecule has 5 nitrogen and oxygen atoms in total. The Morgan fingerprint density at radius 3 is 2.36 bits per heavy atom. The molecule has 22 heavy (non-hydrogen) atoms. The predicted octanol–water partition coefficient (Wildman–Crippen LogP) is 2.93. The zero-order valence-corrected chi connectivity index (χ0v) is 10.9. The van der Waals surface area contributed by atoms with Crippen LogP contribution in [0.15, 0.2) is 18.5 Å². The Kier molecular flexibility index (Phi) is 3.98. The molecule has 0 spiro atoms. The van der Waals surface area contributed by atoms with Crippen molar-refractivity contribution < 1.29 is 31.1 Å². The Hall–Kier alpha value is -2.33. The van der Waals surface area contributed by atoms with Crippen LogP contribution in [0.3, 0.4) is 0 Å². The average Bonchev–Trinajstić information content (AvgIpc) is 2.78. The summed E-state index contributed by atoms with van der Waals surface area (Å²) in [6.07, 6.45) is -8.50. The molecule has 0 fully saturated rings. The van der Waals surface area contributed by atoms with E-state index in [0.29, 0.717) is 4.68 Å². The molecule has 0 aliphatic heterocycles. The minimum Gasteiger partial charge on any atom is -0.468 e. The van der Waals surface area contributed by atoms with E-state index in [4.69, 9.17) is 0 Å². The first kappa shape index (κ1) is 16.0. The van der Waals surface area contributed by atoms with Gasteiger partial charge in [0.2, 0.25) is 5.88 Å². The molecular weight excluding hydrogens is 318 g/mol. The number of rotatable bonds is 3. The molecule has 0 aliphatic rings. The van der Waals surface area contributed by atoms with E-state index in [1.165, 1.54) is 6.92 Å². The molecule has 0 radical (unpaired) electrons. The van der Waals surface area contributed by atoms with Gasteiger partial charge >= 0.3 is 12.4 Å². The quantitative estimate of drug-likeness (QED) is 0.814. The average molecular weight is 326 g/mol. The largest absolute Gasteiger partial charge is 0.468 e. The molecule has 0 N–H and O–H groups in total. The molecule has 0 saturated carbocycles. The van der Waals surface area contributed by atoms with Crippen LogP contribution in [0, 0.1) is 6.92 Å². The fourth-order valence-corrected chi connectivity index (χ4v) is 1.56. The molecule has 2 aromatic heterocycles. The fourth-order valence-electron chi connectivity index (χ4n) is 1.56. The summed E-state index contributed by atoms with van der Waals surface area (Å²) >= 11 is 0. The van der Waals surface area contributed by atoms with Gasteiger partial charge in [-0.2, -0.15) is 31.4 Å². The van der Waals surface area contributed by atoms with Crippen LogP contribution in [0.1, 0.15) is 11.4 Å². The van der Waals surface area contributed by atoms with Crippen molar-refractivity contribution in [2.75, 3.05) is 6.61 Å². The highest BCUT2D eigenvalue weighted by Gasteiger charge is 2.36. The summed E-state index contributed by atoms with van der Waals surface area (Å²) in [5.41, 5.74) is -1.03. The predicted molar refractivity (Wildman–Crippen MR) is 60.4 cm³/mol. The van der Waals surface area contributed by atoms with E-state index in [9.17, 15) is 26.3 Å². The number of nitrogens with zero attached hydrogens (tertiary/aromatic N) is 4. The first-order chi connectivity index (χ1) is 10.1. The number of hydrogen-bond acceptors (Lipinski definition) is 4. The van der Waals surface area contributed by atoms with Crippen LogP contribution in [0.25, 0.3) is 5.82 Å². The van der Waals surface area contributed by atoms with Crippen LogP contribution >= 0.6 is 0 Å². The number of halogens is 6. The van der Waals surface area contributed by atoms with Crippen molar-refractivity contribution in [3.8, 4) is 11.7 Å². The van der Waals surface area contributed by atoms with Gasteiger partial charge in [0.25, 0.3) is 0 Å². The second-order valence-electron chi connectivity index (χ2n) is 4.20. The monoisotopic (exact) mass is 326 g/mol. The van der Waals surface area contributed by atoms with E-state index in [2.05, 4.69) is 19.8 Å². The standard InChI is InChI=1S/C11H8F6N4O/c1-6-2-7(11(15,16)17)21(20-6)8-3-9(19-5-18-8)22-4-10(12,13)14/h2-3,5H,4H2,1H3. The fraction of sp³-hybridized carbons (Fsp3) is 0.364. The van der Waals surface area contributed by atoms with Crippen LogP contribution in [-0.4, -0.2) is 32.5 Å². The highest BCUT2D eigenvalue weighted by Crippen LogP contribution is 2.31. The van der Waals surface area contributed by atoms with E-state index in [1.54, 1.807) is 0 Å². The highest BCUT2D eigenvalue weighted by molar-refractivity contribution is 5.30. The molecule has 0 aliphatic carbocycles. The second-order valence-corrected chi connectivity index (χ2v) is 4.20. The molecule has 0 unspecified atom stereocenters. The summed E-state index contributed by atoms with van der Waals surface area (Å²) < 4.78 is 79.6. The Balaban J connectivity index is 2.34. The molecule has 2 aromatic rings. The van der Waals surface area contributed by atoms with Crippen molar-refractivity contribution in [3.05, 3.63) is 29.8 Å². The van der Waals surface area contributed by atoms with Gasteiger partial charge in [-0.1, -0.05) is 0 Å². The third-order valence-electron chi connectivity index (χ3n) is 2.35. The van der Waals surface area contributed by atoms with E-state index in [-0.39, 0.29) is 11.5 Å². The molecule has 120 valence electrons. The van der Waals surface area contributed by atoms with Crippen molar-refractivity contribution >= 4 is 0 Å². The Morgan fingerprint density at radius 2 is 1.77 bits per heavy atom. The van der Waals surface area contributed by atoms with Crippen LogP contribution in [0.2, 0.25) is 0 Å². The SMILES string of the molecule is Cc1cc(C(F)(F)F)n(-c2cc(OCC(F)(F)F)ncn2)n1. The third kappa shape index (κ3) is 3.86. The molecule has 0 amide bonds. The van der Waals surface area contributed by atoms with E-state index in [1.807, 2.05) is 0 Å². The molecule has 2 rings (SSSR count). The summed E-state index contributed by atoms with van der Waals surface area (Å²) in [6, 6.07) is 1.63. The number of aryl methyl sites for hydroxylation is 1. The van der Waals surface area contributed by atoms with E-state index >= 15 is 0 Å². The summed E-state index contributed by atoms with van der Waals surface area (Å²) in [6.45, 7) is -0.276. The molecular formula is C11H8F6N4O. The van der Waals surface area contributed by atoms with Gasteiger partial charge in [0.05, 0.1) is 5.69 Å². The zero-order valence-electron chi connectivity index (χ0n) is 10.9. The summed E-state index contributed by atoms with van der Waals surface area (Å²) in [5.74, 6) is -0.865. The molecule has 0 bridgehead atoms. The number of ether oxygens (including phenoxy) is 1. The van der Waals surface area contributed by atoms with Crippen molar-refractivity contribution in [3.63, 3.8) is 0 Å². The maximum atomic E-state index is 12.9. The highest BCUT2D eigenvalue weighted by atomic mass is 19.4. The molecule has 11 heteroatoms. The lowest BCUT2D eigenvalue weighted by molar-refractivity contribution is -0.154. The molecule has 2 heterocycles. The van der Waals surface area contributed by atoms with Crippen LogP contribution in [0.5, 0.6) is 5.88 Å². The van der Waals surface area contributed by atoms with Gasteiger partial charge in [0.1, 0.15) is 12.0 Å². The maximum Gasteiger partial charge on any atom is 0.433 e. The number of hydrogen-bond donors (Lipinski definition) is 0. The van der Waals surface area contributed by atoms with Crippen molar-refractivity contribution in [2.45, 2.75) is 19.3 Å². The van der Waals surface area contributed by atoms with Crippen LogP contribution in [0.4, 0.5) is 26.3 Å². The summed E-state index contributed by atoms with van der Waals surface area (Å²) in [5, 5.41) is 3.63. The smallest absolute Gasteiger partial charge is 0.433 e. The third-order valence-corrected chi connectivity index (χ3v) is 2.35. The van der Waals surface area contributed by atoms with Crippen molar-refractivity contribution in [1.29, 1.82) is 0 Å². The van der Waals surface area contributed by atoms with Gasteiger partial charge in [-0.25, -0.2) is 14.6 Å². The summed E-state index contributed by atoms with van der Waals surface area (Å²) in [7, 11) is 0. The topological polar surface area (TPSA) is 52.8 Å². The minimum atomic E-state index is -4.70. The lowest BCUT2D eigenvalue weighted by Gasteiger charge is -2.11. The maximum absolute atomic E-state index is 12.9. The van der Waals surface area contributed by atoms with Crippen molar-refractivity contribution in [1.82, 2.24) is 19.7 Å². The molecule has 0 aromatic carbocycles. The minimum absolute atomic E-state index is 0.0729. The van der Waals surface area contributed by atoms with E-state index in [0.717, 1.165) is 18.5 Å². The Labute approximate surface area is 119 Å². The molecule has 0 atom stereocenters. The number of alkyl halides is 6. The zero-order chi connectivity index (χ0) is 16.5. The lowest BCUT2D eigenvalue weighted by Crippen LogP contribution is -2.20. The number of aromatic nitrogens is 4. The first-order valence-electron chi connectivity index (χ1n) is 5.72. The Morgan fingerprint density at radius 1 is 1.09 bits per heavy atom. The first-order valence-corrected chi connectivity index (χ1v) is 5.72. The van der Waals surface area contributed by atoms with Gasteiger partial charge in [-0.05, 0) is 13.0 Å². The van der Waals surface area contributed by atoms with Gasteiger partial charge < -0.3 is 4.74 Å². The van der Waals surface area contributed by atoms with Gasteiger partial charge in [0.15, 0.2) is 12.4 Å². The van der Waals surface area contributed by atoms with Crippen LogP contribution < -0.4 is 4.74 Å². The summed E-state index contributed by atoms with van der Waals surface area (Å²) in [4.78, 5) is 6.98. The van der Waals surface area contributed by atoms with Gasteiger partial charge in [-0.3, -0.25) is 0 Å². The van der Waals surface area contributed by atoms with Gasteiger partial charge in [0, 0.05) is 6.07 Å². The Bertz CT molecular complexity index is 663. The second kappa shape index (κ2) is 5.46. The molecule has 0 saturated heterocycles. The van der Waals surface area contributed by atoms with Crippen molar-refractivity contribution in [2.24, 2.45) is 0 Å². The normalized spacial score (nSPS) is 12.5.